The molecule has 0 radical (unpaired) electrons. The molecule has 1 aliphatic rings. The molecule has 0 N–H and O–H groups in total. The first-order valence-electron chi connectivity index (χ1n) is 9.65. The molecule has 0 atom stereocenters. The molecule has 0 saturated carbocycles. The molecule has 2 aromatic carbocycles. The van der Waals surface area contributed by atoms with Crippen molar-refractivity contribution < 1.29 is 12.4 Å². The van der Waals surface area contributed by atoms with Crippen LogP contribution in [-0.2, 0) is 5.41 Å². The molecule has 0 bridgehead atoms. The molecule has 1 aliphatic heterocycles. The summed E-state index contributed by atoms with van der Waals surface area (Å²) in [5, 5.41) is 1.16. The molecule has 2 heterocycles. The second-order valence-corrected chi connectivity index (χ2v) is 8.26. The van der Waals surface area contributed by atoms with Gasteiger partial charge in [0.15, 0.2) is 5.82 Å². The molecule has 0 spiro atoms. The molecule has 1 aromatic heterocycles. The number of anilines is 1. The van der Waals surface area contributed by atoms with Crippen molar-refractivity contribution in [3.05, 3.63) is 54.1 Å². The van der Waals surface area contributed by atoms with Crippen LogP contribution in [0.5, 0.6) is 0 Å². The highest BCUT2D eigenvalue weighted by Gasteiger charge is 2.18. The zero-order valence-corrected chi connectivity index (χ0v) is 17.1. The Morgan fingerprint density at radius 1 is 0.815 bits per heavy atom. The zero-order valence-electron chi connectivity index (χ0n) is 16.4. The van der Waals surface area contributed by atoms with E-state index in [-0.39, 0.29) is 17.8 Å². The summed E-state index contributed by atoms with van der Waals surface area (Å²) in [4.78, 5) is 12.3. The van der Waals surface area contributed by atoms with E-state index in [2.05, 4.69) is 74.2 Å². The van der Waals surface area contributed by atoms with Crippen molar-refractivity contribution >= 4 is 16.7 Å². The van der Waals surface area contributed by atoms with Crippen LogP contribution in [0.2, 0.25) is 0 Å². The van der Waals surface area contributed by atoms with Crippen molar-refractivity contribution in [2.75, 3.05) is 18.0 Å². The summed E-state index contributed by atoms with van der Waals surface area (Å²) in [6.45, 7) is 8.89. The van der Waals surface area contributed by atoms with Crippen LogP contribution < -0.4 is 17.3 Å². The van der Waals surface area contributed by atoms with E-state index < -0.39 is 0 Å². The lowest BCUT2D eigenvalue weighted by atomic mass is 9.87. The van der Waals surface area contributed by atoms with Crippen LogP contribution >= 0.6 is 0 Å². The molecule has 1 saturated heterocycles. The normalized spacial score (nSPS) is 14.9. The van der Waals surface area contributed by atoms with Gasteiger partial charge in [0.2, 0.25) is 0 Å². The van der Waals surface area contributed by atoms with Crippen molar-refractivity contribution in [1.82, 2.24) is 9.97 Å². The number of benzene rings is 2. The molecule has 4 rings (SSSR count). The summed E-state index contributed by atoms with van der Waals surface area (Å²) < 4.78 is 0. The van der Waals surface area contributed by atoms with Crippen LogP contribution in [0.25, 0.3) is 22.3 Å². The summed E-state index contributed by atoms with van der Waals surface area (Å²) in [6.07, 6.45) is 3.81. The van der Waals surface area contributed by atoms with Gasteiger partial charge in [-0.05, 0) is 42.4 Å². The molecular formula is C23H27ClN3-. The fourth-order valence-electron chi connectivity index (χ4n) is 3.66. The lowest BCUT2D eigenvalue weighted by molar-refractivity contribution is -0.00000578. The third-order valence-corrected chi connectivity index (χ3v) is 5.25. The highest BCUT2D eigenvalue weighted by atomic mass is 35.5. The largest absolute Gasteiger partial charge is 1.00 e. The summed E-state index contributed by atoms with van der Waals surface area (Å²) in [6, 6.07) is 17.1. The predicted octanol–water partition coefficient (Wildman–Crippen LogP) is 2.59. The molecule has 0 amide bonds. The number of para-hydroxylation sites is 1. The molecular weight excluding hydrogens is 354 g/mol. The first kappa shape index (κ1) is 19.6. The van der Waals surface area contributed by atoms with Gasteiger partial charge < -0.3 is 17.3 Å². The Morgan fingerprint density at radius 2 is 1.48 bits per heavy atom. The quantitative estimate of drug-likeness (QED) is 0.684. The van der Waals surface area contributed by atoms with E-state index in [0.29, 0.717) is 0 Å². The van der Waals surface area contributed by atoms with E-state index in [1.54, 1.807) is 0 Å². The molecule has 0 unspecified atom stereocenters. The maximum absolute atomic E-state index is 5.00. The molecule has 0 aliphatic carbocycles. The van der Waals surface area contributed by atoms with E-state index in [9.17, 15) is 0 Å². The van der Waals surface area contributed by atoms with Crippen LogP contribution in [-0.4, -0.2) is 23.1 Å². The number of hydrogen-bond donors (Lipinski definition) is 0. The monoisotopic (exact) mass is 380 g/mol. The number of nitrogens with zero attached hydrogens (tertiary/aromatic N) is 3. The van der Waals surface area contributed by atoms with E-state index in [1.165, 1.54) is 24.8 Å². The van der Waals surface area contributed by atoms with E-state index in [0.717, 1.165) is 41.2 Å². The number of piperidine rings is 1. The third-order valence-electron chi connectivity index (χ3n) is 5.25. The Kier molecular flexibility index (Phi) is 5.71. The summed E-state index contributed by atoms with van der Waals surface area (Å²) in [5.41, 5.74) is 3.60. The van der Waals surface area contributed by atoms with E-state index in [4.69, 9.17) is 9.97 Å². The standard InChI is InChI=1S/C23H27N3.ClH/c1-23(2,3)18-13-11-17(12-14-18)21-24-20-10-6-5-9-19(20)22(25-21)26-15-7-4-8-16-26;/h5-6,9-14H,4,7-8,15-16H2,1-3H3;1H/p-1. The van der Waals surface area contributed by atoms with Gasteiger partial charge in [-0.2, -0.15) is 0 Å². The van der Waals surface area contributed by atoms with Crippen LogP contribution in [0.15, 0.2) is 48.5 Å². The maximum atomic E-state index is 5.00. The molecule has 1 fully saturated rings. The van der Waals surface area contributed by atoms with Crippen molar-refractivity contribution in [2.45, 2.75) is 45.4 Å². The van der Waals surface area contributed by atoms with Crippen LogP contribution in [0.3, 0.4) is 0 Å². The van der Waals surface area contributed by atoms with Gasteiger partial charge in [-0.3, -0.25) is 0 Å². The van der Waals surface area contributed by atoms with Crippen LogP contribution in [0, 0.1) is 0 Å². The number of rotatable bonds is 2. The van der Waals surface area contributed by atoms with Gasteiger partial charge in [-0.1, -0.05) is 57.2 Å². The average molecular weight is 381 g/mol. The predicted molar refractivity (Wildman–Crippen MR) is 110 cm³/mol. The van der Waals surface area contributed by atoms with Crippen molar-refractivity contribution in [3.8, 4) is 11.4 Å². The van der Waals surface area contributed by atoms with E-state index in [1.807, 2.05) is 0 Å². The molecule has 27 heavy (non-hydrogen) atoms. The highest BCUT2D eigenvalue weighted by Crippen LogP contribution is 2.30. The van der Waals surface area contributed by atoms with Gasteiger partial charge in [0.1, 0.15) is 5.82 Å². The number of aromatic nitrogens is 2. The van der Waals surface area contributed by atoms with Crippen LogP contribution in [0.4, 0.5) is 5.82 Å². The fourth-order valence-corrected chi connectivity index (χ4v) is 3.66. The Balaban J connectivity index is 0.00000210. The molecule has 3 nitrogen and oxygen atoms in total. The second-order valence-electron chi connectivity index (χ2n) is 8.26. The van der Waals surface area contributed by atoms with Gasteiger partial charge in [0.05, 0.1) is 5.52 Å². The summed E-state index contributed by atoms with van der Waals surface area (Å²) in [5.74, 6) is 1.91. The zero-order chi connectivity index (χ0) is 18.1. The molecule has 4 heteroatoms. The van der Waals surface area contributed by atoms with Crippen molar-refractivity contribution in [1.29, 1.82) is 0 Å². The second kappa shape index (κ2) is 7.85. The van der Waals surface area contributed by atoms with Gasteiger partial charge >= 0.3 is 0 Å². The maximum Gasteiger partial charge on any atom is 0.162 e. The van der Waals surface area contributed by atoms with Gasteiger partial charge in [0.25, 0.3) is 0 Å². The van der Waals surface area contributed by atoms with Crippen molar-refractivity contribution in [2.24, 2.45) is 0 Å². The minimum absolute atomic E-state index is 0. The SMILES string of the molecule is CC(C)(C)c1ccc(-c2nc(N3CCCCC3)c3ccccc3n2)cc1.[Cl-]. The first-order chi connectivity index (χ1) is 12.5. The van der Waals surface area contributed by atoms with E-state index >= 15 is 0 Å². The lowest BCUT2D eigenvalue weighted by Crippen LogP contribution is -3.00. The topological polar surface area (TPSA) is 29.0 Å². The van der Waals surface area contributed by atoms with Gasteiger partial charge in [-0.25, -0.2) is 9.97 Å². The number of fused-ring (bicyclic) bond motifs is 1. The van der Waals surface area contributed by atoms with Gasteiger partial charge in [0, 0.05) is 24.0 Å². The molecule has 142 valence electrons. The minimum Gasteiger partial charge on any atom is -1.00 e. The summed E-state index contributed by atoms with van der Waals surface area (Å²) in [7, 11) is 0. The Morgan fingerprint density at radius 3 is 2.15 bits per heavy atom. The smallest absolute Gasteiger partial charge is 0.162 e. The Bertz CT molecular complexity index is 907. The average Bonchev–Trinajstić information content (AvgIpc) is 2.67. The lowest BCUT2D eigenvalue weighted by Gasteiger charge is -2.29. The highest BCUT2D eigenvalue weighted by molar-refractivity contribution is 5.91. The Hall–Kier alpha value is -2.13. The third kappa shape index (κ3) is 4.08. The number of halogens is 1. The Labute approximate surface area is 168 Å². The van der Waals surface area contributed by atoms with Crippen LogP contribution in [0.1, 0.15) is 45.6 Å². The summed E-state index contributed by atoms with van der Waals surface area (Å²) >= 11 is 0. The minimum atomic E-state index is 0. The molecule has 3 aromatic rings. The fraction of sp³-hybridized carbons (Fsp3) is 0.391. The van der Waals surface area contributed by atoms with Gasteiger partial charge in [-0.15, -0.1) is 0 Å². The number of hydrogen-bond acceptors (Lipinski definition) is 3. The van der Waals surface area contributed by atoms with Crippen molar-refractivity contribution in [3.63, 3.8) is 0 Å². The first-order valence-corrected chi connectivity index (χ1v) is 9.65.